The third kappa shape index (κ3) is 1.95. The fourth-order valence-corrected chi connectivity index (χ4v) is 9.30. The molecule has 2 aliphatic heterocycles. The average molecular weight is 416 g/mol. The number of esters is 1. The lowest BCUT2D eigenvalue weighted by atomic mass is 9.33. The lowest BCUT2D eigenvalue weighted by molar-refractivity contribution is -0.306. The van der Waals surface area contributed by atoms with Gasteiger partial charge in [-0.1, -0.05) is 19.9 Å². The second kappa shape index (κ2) is 5.89. The molecule has 4 bridgehead atoms. The lowest BCUT2D eigenvalue weighted by Gasteiger charge is -2.74. The molecule has 6 nitrogen and oxygen atoms in total. The van der Waals surface area contributed by atoms with Crippen LogP contribution >= 0.6 is 0 Å². The monoisotopic (exact) mass is 415 g/mol. The number of carbonyl (C=O) groups is 2. The number of carbonyl (C=O) groups excluding carboxylic acids is 2. The zero-order valence-corrected chi connectivity index (χ0v) is 18.1. The number of amides is 1. The van der Waals surface area contributed by atoms with E-state index in [4.69, 9.17) is 9.47 Å². The van der Waals surface area contributed by atoms with E-state index >= 15 is 0 Å². The molecule has 2 saturated heterocycles. The number of aliphatic hydroxyl groups is 1. The molecular formula is C24H33NO5. The molecule has 0 radical (unpaired) electrons. The van der Waals surface area contributed by atoms with Gasteiger partial charge in [0.1, 0.15) is 12.3 Å². The molecule has 2 heterocycles. The van der Waals surface area contributed by atoms with Gasteiger partial charge in [0.2, 0.25) is 5.91 Å². The molecule has 0 aromatic rings. The summed E-state index contributed by atoms with van der Waals surface area (Å²) in [6.45, 7) is 9.12. The van der Waals surface area contributed by atoms with Crippen molar-refractivity contribution in [2.45, 2.75) is 77.2 Å². The van der Waals surface area contributed by atoms with Crippen molar-refractivity contribution < 1.29 is 24.2 Å². The summed E-state index contributed by atoms with van der Waals surface area (Å²) in [5, 5.41) is 11.6. The fourth-order valence-electron chi connectivity index (χ4n) is 9.30. The van der Waals surface area contributed by atoms with Crippen LogP contribution in [0.5, 0.6) is 0 Å². The number of piperidine rings is 1. The zero-order valence-electron chi connectivity index (χ0n) is 18.1. The highest BCUT2D eigenvalue weighted by atomic mass is 16.5. The van der Waals surface area contributed by atoms with Gasteiger partial charge in [-0.25, -0.2) is 0 Å². The molecule has 5 aliphatic carbocycles. The van der Waals surface area contributed by atoms with Crippen LogP contribution in [0.3, 0.4) is 0 Å². The molecule has 164 valence electrons. The summed E-state index contributed by atoms with van der Waals surface area (Å²) in [7, 11) is 0. The number of hydrogen-bond donors (Lipinski definition) is 1. The molecule has 30 heavy (non-hydrogen) atoms. The van der Waals surface area contributed by atoms with Crippen molar-refractivity contribution >= 4 is 11.9 Å². The van der Waals surface area contributed by atoms with Crippen molar-refractivity contribution in [2.24, 2.45) is 34.0 Å². The van der Waals surface area contributed by atoms with Gasteiger partial charge in [0.05, 0.1) is 18.1 Å². The predicted molar refractivity (Wildman–Crippen MR) is 108 cm³/mol. The minimum absolute atomic E-state index is 0.116. The maximum Gasteiger partial charge on any atom is 0.302 e. The van der Waals surface area contributed by atoms with Gasteiger partial charge in [-0.3, -0.25) is 9.59 Å². The molecule has 9 atom stereocenters. The van der Waals surface area contributed by atoms with Crippen molar-refractivity contribution in [2.75, 3.05) is 13.2 Å². The van der Waals surface area contributed by atoms with Crippen molar-refractivity contribution in [3.63, 3.8) is 0 Å². The van der Waals surface area contributed by atoms with Crippen LogP contribution in [0.4, 0.5) is 0 Å². The van der Waals surface area contributed by atoms with E-state index in [-0.39, 0.29) is 41.5 Å². The van der Waals surface area contributed by atoms with E-state index in [9.17, 15) is 14.7 Å². The van der Waals surface area contributed by atoms with Crippen LogP contribution in [0.1, 0.15) is 58.8 Å². The van der Waals surface area contributed by atoms with Gasteiger partial charge < -0.3 is 19.5 Å². The largest absolute Gasteiger partial charge is 0.462 e. The summed E-state index contributed by atoms with van der Waals surface area (Å²) in [5.74, 6) is 0.509. The van der Waals surface area contributed by atoms with Gasteiger partial charge in [-0.15, -0.1) is 0 Å². The standard InChI is InChI=1S/C24H33NO5/c1-13-15-5-8-24(19(13)27)17(11-15)23-7-4-6-22(3,16(23)12-18(24)30-14(2)26)20(28)25-9-10-29-21(23)25/h15-19,21,27H,1,4-12H2,2-3H3/t15-,16+,17-,18+,19-,21?,22+,23-,24+/m0/s1. The Morgan fingerprint density at radius 1 is 1.23 bits per heavy atom. The van der Waals surface area contributed by atoms with Crippen molar-refractivity contribution in [3.8, 4) is 0 Å². The third-order valence-electron chi connectivity index (χ3n) is 10.3. The van der Waals surface area contributed by atoms with Crippen molar-refractivity contribution in [1.29, 1.82) is 0 Å². The second-order valence-corrected chi connectivity index (χ2v) is 11.1. The summed E-state index contributed by atoms with van der Waals surface area (Å²) in [5.41, 5.74) is -0.209. The summed E-state index contributed by atoms with van der Waals surface area (Å²) in [6.07, 6.45) is 5.13. The van der Waals surface area contributed by atoms with Crippen molar-refractivity contribution in [1.82, 2.24) is 4.90 Å². The van der Waals surface area contributed by atoms with Crippen LogP contribution < -0.4 is 0 Å². The van der Waals surface area contributed by atoms with Crippen LogP contribution in [0, 0.1) is 34.0 Å². The number of ether oxygens (including phenoxy) is 2. The highest BCUT2D eigenvalue weighted by Gasteiger charge is 2.78. The Morgan fingerprint density at radius 2 is 2.03 bits per heavy atom. The maximum atomic E-state index is 13.6. The highest BCUT2D eigenvalue weighted by molar-refractivity contribution is 5.85. The number of fused-ring (bicyclic) bond motifs is 3. The molecule has 7 aliphatic rings. The average Bonchev–Trinajstić information content (AvgIpc) is 3.21. The molecule has 0 aromatic heterocycles. The van der Waals surface area contributed by atoms with E-state index in [1.807, 2.05) is 4.90 Å². The summed E-state index contributed by atoms with van der Waals surface area (Å²) in [4.78, 5) is 27.8. The van der Waals surface area contributed by atoms with Crippen LogP contribution in [0.2, 0.25) is 0 Å². The van der Waals surface area contributed by atoms with E-state index in [0.29, 0.717) is 25.5 Å². The summed E-state index contributed by atoms with van der Waals surface area (Å²) in [6, 6.07) is 0. The first-order valence-electron chi connectivity index (χ1n) is 11.7. The zero-order chi connectivity index (χ0) is 21.1. The maximum absolute atomic E-state index is 13.6. The minimum Gasteiger partial charge on any atom is -0.462 e. The first-order valence-corrected chi connectivity index (χ1v) is 11.7. The smallest absolute Gasteiger partial charge is 0.302 e. The van der Waals surface area contributed by atoms with Gasteiger partial charge >= 0.3 is 5.97 Å². The molecule has 6 heteroatoms. The van der Waals surface area contributed by atoms with Crippen LogP contribution in [0.15, 0.2) is 12.2 Å². The lowest BCUT2D eigenvalue weighted by Crippen LogP contribution is -2.77. The van der Waals surface area contributed by atoms with Gasteiger partial charge in [0.25, 0.3) is 0 Å². The fraction of sp³-hybridized carbons (Fsp3) is 0.833. The SMILES string of the molecule is C=C1[C@H]2CC[C@@]3([C@H](OC(C)=O)C[C@H]4[C@@]5(CCC[C@@]4(C)C(=O)N4CCOC45)[C@@H]3C2)[C@H]1O. The molecule has 1 amide bonds. The van der Waals surface area contributed by atoms with Gasteiger partial charge in [0, 0.05) is 24.3 Å². The van der Waals surface area contributed by atoms with Crippen LogP contribution in [-0.2, 0) is 19.1 Å². The molecule has 1 N–H and O–H groups in total. The van der Waals surface area contributed by atoms with Gasteiger partial charge in [-0.05, 0) is 61.9 Å². The summed E-state index contributed by atoms with van der Waals surface area (Å²) >= 11 is 0. The summed E-state index contributed by atoms with van der Waals surface area (Å²) < 4.78 is 12.3. The predicted octanol–water partition coefficient (Wildman–Crippen LogP) is 2.65. The second-order valence-electron chi connectivity index (χ2n) is 11.1. The van der Waals surface area contributed by atoms with Crippen LogP contribution in [0.25, 0.3) is 0 Å². The Hall–Kier alpha value is -1.40. The Bertz CT molecular complexity index is 841. The number of nitrogens with zero attached hydrogens (tertiary/aromatic N) is 1. The molecule has 0 aromatic carbocycles. The molecule has 5 saturated carbocycles. The minimum atomic E-state index is -0.657. The molecule has 1 spiro atoms. The molecular weight excluding hydrogens is 382 g/mol. The normalized spacial score (nSPS) is 53.8. The van der Waals surface area contributed by atoms with E-state index in [1.54, 1.807) is 0 Å². The molecule has 7 rings (SSSR count). The quantitative estimate of drug-likeness (QED) is 0.526. The Balaban J connectivity index is 1.57. The molecule has 7 fully saturated rings. The van der Waals surface area contributed by atoms with E-state index in [0.717, 1.165) is 44.1 Å². The van der Waals surface area contributed by atoms with Gasteiger partial charge in [-0.2, -0.15) is 0 Å². The third-order valence-corrected chi connectivity index (χ3v) is 10.3. The Kier molecular flexibility index (Phi) is 3.79. The Morgan fingerprint density at radius 3 is 2.80 bits per heavy atom. The van der Waals surface area contributed by atoms with Gasteiger partial charge in [0.15, 0.2) is 0 Å². The van der Waals surface area contributed by atoms with E-state index in [2.05, 4.69) is 13.5 Å². The first-order chi connectivity index (χ1) is 14.3. The van der Waals surface area contributed by atoms with Crippen LogP contribution in [-0.4, -0.2) is 53.5 Å². The molecule has 1 unspecified atom stereocenters. The van der Waals surface area contributed by atoms with Crippen molar-refractivity contribution in [3.05, 3.63) is 12.2 Å². The number of hydrogen-bond acceptors (Lipinski definition) is 5. The van der Waals surface area contributed by atoms with E-state index < -0.39 is 16.9 Å². The number of aliphatic hydroxyl groups excluding tert-OH is 1. The number of rotatable bonds is 1. The first kappa shape index (κ1) is 19.3. The highest BCUT2D eigenvalue weighted by Crippen LogP contribution is 2.75. The topological polar surface area (TPSA) is 76.1 Å². The Labute approximate surface area is 178 Å². The van der Waals surface area contributed by atoms with E-state index in [1.165, 1.54) is 6.92 Å².